The van der Waals surface area contributed by atoms with E-state index < -0.39 is 0 Å². The molecule has 0 N–H and O–H groups in total. The van der Waals surface area contributed by atoms with Crippen LogP contribution in [0.25, 0.3) is 0 Å². The zero-order valence-corrected chi connectivity index (χ0v) is 9.25. The van der Waals surface area contributed by atoms with Crippen molar-refractivity contribution in [2.45, 2.75) is 6.92 Å². The van der Waals surface area contributed by atoms with Crippen LogP contribution in [0.4, 0.5) is 5.69 Å². The Kier molecular flexibility index (Phi) is 1.77. The van der Waals surface area contributed by atoms with Crippen molar-refractivity contribution in [3.8, 4) is 0 Å². The lowest BCUT2D eigenvalue weighted by Gasteiger charge is -2.09. The molecule has 12 heavy (non-hydrogen) atoms. The van der Waals surface area contributed by atoms with Crippen molar-refractivity contribution in [1.82, 2.24) is 0 Å². The molecular formula is C8H8BrNOS. The second-order valence-corrected chi connectivity index (χ2v) is 4.95. The number of hydrogen-bond acceptors (Lipinski definition) is 3. The van der Waals surface area contributed by atoms with E-state index in [4.69, 9.17) is 0 Å². The van der Waals surface area contributed by atoms with Crippen LogP contribution in [0.2, 0.25) is 0 Å². The Bertz CT molecular complexity index is 358. The Hall–Kier alpha value is -0.350. The van der Waals surface area contributed by atoms with Crippen LogP contribution in [0.1, 0.15) is 14.5 Å². The summed E-state index contributed by atoms with van der Waals surface area (Å²) in [7, 11) is 1.95. The third-order valence-corrected chi connectivity index (χ3v) is 4.37. The van der Waals surface area contributed by atoms with E-state index in [1.54, 1.807) is 11.3 Å². The number of ketones is 1. The standard InChI is InChI=1S/C8H8BrNOS/c1-4-6(9)7-8(12-4)5(11)3-10(7)2/h3H2,1-2H3. The molecule has 1 aromatic heterocycles. The van der Waals surface area contributed by atoms with Crippen LogP contribution in [0.3, 0.4) is 0 Å². The molecule has 0 aromatic carbocycles. The van der Waals surface area contributed by atoms with Crippen molar-refractivity contribution >= 4 is 38.7 Å². The zero-order valence-electron chi connectivity index (χ0n) is 6.85. The first-order chi connectivity index (χ1) is 5.61. The van der Waals surface area contributed by atoms with E-state index in [1.165, 1.54) is 4.88 Å². The number of thiophene rings is 1. The fourth-order valence-electron chi connectivity index (χ4n) is 1.41. The first-order valence-electron chi connectivity index (χ1n) is 3.64. The van der Waals surface area contributed by atoms with Gasteiger partial charge < -0.3 is 4.90 Å². The van der Waals surface area contributed by atoms with Crippen molar-refractivity contribution < 1.29 is 4.79 Å². The maximum atomic E-state index is 11.4. The second-order valence-electron chi connectivity index (χ2n) is 2.93. The summed E-state index contributed by atoms with van der Waals surface area (Å²) in [6.07, 6.45) is 0. The van der Waals surface area contributed by atoms with Crippen LogP contribution < -0.4 is 4.90 Å². The highest BCUT2D eigenvalue weighted by Gasteiger charge is 2.29. The average molecular weight is 246 g/mol. The number of anilines is 1. The highest BCUT2D eigenvalue weighted by Crippen LogP contribution is 2.42. The topological polar surface area (TPSA) is 20.3 Å². The van der Waals surface area contributed by atoms with Crippen molar-refractivity contribution in [2.24, 2.45) is 0 Å². The number of aryl methyl sites for hydroxylation is 1. The number of carbonyl (C=O) groups excluding carboxylic acids is 1. The van der Waals surface area contributed by atoms with Gasteiger partial charge in [-0.05, 0) is 22.9 Å². The summed E-state index contributed by atoms with van der Waals surface area (Å²) in [5, 5.41) is 0. The van der Waals surface area contributed by atoms with Gasteiger partial charge in [0.25, 0.3) is 0 Å². The number of Topliss-reactive ketones (excluding diaryl/α,β-unsaturated/α-hetero) is 1. The van der Waals surface area contributed by atoms with Crippen LogP contribution in [-0.4, -0.2) is 19.4 Å². The molecule has 1 aliphatic rings. The molecule has 0 saturated carbocycles. The van der Waals surface area contributed by atoms with E-state index >= 15 is 0 Å². The average Bonchev–Trinajstić information content (AvgIpc) is 2.41. The molecule has 0 fully saturated rings. The van der Waals surface area contributed by atoms with E-state index in [2.05, 4.69) is 15.9 Å². The van der Waals surface area contributed by atoms with Crippen LogP contribution in [0.5, 0.6) is 0 Å². The molecular weight excluding hydrogens is 238 g/mol. The van der Waals surface area contributed by atoms with Crippen molar-refractivity contribution in [2.75, 3.05) is 18.5 Å². The van der Waals surface area contributed by atoms with Gasteiger partial charge in [-0.2, -0.15) is 0 Å². The number of rotatable bonds is 0. The Morgan fingerprint density at radius 2 is 2.25 bits per heavy atom. The second kappa shape index (κ2) is 2.57. The number of fused-ring (bicyclic) bond motifs is 1. The van der Waals surface area contributed by atoms with Gasteiger partial charge in [0.15, 0.2) is 5.78 Å². The molecule has 2 rings (SSSR count). The van der Waals surface area contributed by atoms with E-state index in [0.717, 1.165) is 15.0 Å². The Morgan fingerprint density at radius 1 is 1.58 bits per heavy atom. The summed E-state index contributed by atoms with van der Waals surface area (Å²) in [5.41, 5.74) is 1.07. The number of hydrogen-bond donors (Lipinski definition) is 0. The van der Waals surface area contributed by atoms with Gasteiger partial charge in [0, 0.05) is 11.9 Å². The largest absolute Gasteiger partial charge is 0.365 e. The normalized spacial score (nSPS) is 15.6. The highest BCUT2D eigenvalue weighted by atomic mass is 79.9. The molecule has 0 aliphatic carbocycles. The zero-order chi connectivity index (χ0) is 8.88. The van der Waals surface area contributed by atoms with Gasteiger partial charge in [0.1, 0.15) is 0 Å². The lowest BCUT2D eigenvalue weighted by Crippen LogP contribution is -2.16. The van der Waals surface area contributed by atoms with Crippen molar-refractivity contribution in [3.05, 3.63) is 14.2 Å². The highest BCUT2D eigenvalue weighted by molar-refractivity contribution is 9.10. The molecule has 0 bridgehead atoms. The van der Waals surface area contributed by atoms with Gasteiger partial charge in [-0.1, -0.05) is 0 Å². The number of carbonyl (C=O) groups is 1. The monoisotopic (exact) mass is 245 g/mol. The van der Waals surface area contributed by atoms with Crippen molar-refractivity contribution in [3.63, 3.8) is 0 Å². The maximum Gasteiger partial charge on any atom is 0.194 e. The first kappa shape index (κ1) is 8.26. The summed E-state index contributed by atoms with van der Waals surface area (Å²) in [5.74, 6) is 0.242. The van der Waals surface area contributed by atoms with E-state index in [1.807, 2.05) is 18.9 Å². The summed E-state index contributed by atoms with van der Waals surface area (Å²) in [4.78, 5) is 15.5. The van der Waals surface area contributed by atoms with Crippen molar-refractivity contribution in [1.29, 1.82) is 0 Å². The molecule has 0 atom stereocenters. The predicted molar refractivity (Wildman–Crippen MR) is 54.4 cm³/mol. The quantitative estimate of drug-likeness (QED) is 0.700. The minimum absolute atomic E-state index is 0.242. The molecule has 0 spiro atoms. The van der Waals surface area contributed by atoms with Gasteiger partial charge in [-0.15, -0.1) is 11.3 Å². The van der Waals surface area contributed by atoms with Crippen LogP contribution in [-0.2, 0) is 0 Å². The summed E-state index contributed by atoms with van der Waals surface area (Å²) < 4.78 is 1.08. The minimum atomic E-state index is 0.242. The van der Waals surface area contributed by atoms with Gasteiger partial charge in [0.05, 0.1) is 21.6 Å². The Morgan fingerprint density at radius 3 is 2.83 bits per heavy atom. The molecule has 0 unspecified atom stereocenters. The van der Waals surface area contributed by atoms with Crippen LogP contribution >= 0.6 is 27.3 Å². The molecule has 2 heterocycles. The molecule has 1 aromatic rings. The van der Waals surface area contributed by atoms with E-state index in [-0.39, 0.29) is 5.78 Å². The van der Waals surface area contributed by atoms with Gasteiger partial charge >= 0.3 is 0 Å². The molecule has 0 radical (unpaired) electrons. The summed E-state index contributed by atoms with van der Waals surface area (Å²) >= 11 is 5.06. The summed E-state index contributed by atoms with van der Waals surface area (Å²) in [6.45, 7) is 2.55. The molecule has 0 amide bonds. The number of likely N-dealkylation sites (N-methyl/N-ethyl adjacent to an activating group) is 1. The third kappa shape index (κ3) is 0.944. The lowest BCUT2D eigenvalue weighted by molar-refractivity contribution is 0.101. The SMILES string of the molecule is Cc1sc2c(c1Br)N(C)CC2=O. The molecule has 4 heteroatoms. The minimum Gasteiger partial charge on any atom is -0.365 e. The van der Waals surface area contributed by atoms with Crippen LogP contribution in [0, 0.1) is 6.92 Å². The first-order valence-corrected chi connectivity index (χ1v) is 5.25. The number of halogens is 1. The van der Waals surface area contributed by atoms with Gasteiger partial charge in [0.2, 0.25) is 0 Å². The van der Waals surface area contributed by atoms with Crippen LogP contribution in [0.15, 0.2) is 4.47 Å². The predicted octanol–water partition coefficient (Wildman–Crippen LogP) is 2.45. The Labute approximate surface area is 83.3 Å². The summed E-state index contributed by atoms with van der Waals surface area (Å²) in [6, 6.07) is 0. The molecule has 0 saturated heterocycles. The molecule has 2 nitrogen and oxygen atoms in total. The molecule has 64 valence electrons. The van der Waals surface area contributed by atoms with Gasteiger partial charge in [-0.3, -0.25) is 4.79 Å². The fraction of sp³-hybridized carbons (Fsp3) is 0.375. The molecule has 1 aliphatic heterocycles. The third-order valence-electron chi connectivity index (χ3n) is 2.00. The van der Waals surface area contributed by atoms with E-state index in [0.29, 0.717) is 6.54 Å². The van der Waals surface area contributed by atoms with E-state index in [9.17, 15) is 4.79 Å². The maximum absolute atomic E-state index is 11.4. The fourth-order valence-corrected chi connectivity index (χ4v) is 3.31. The lowest BCUT2D eigenvalue weighted by atomic mass is 10.3. The smallest absolute Gasteiger partial charge is 0.194 e. The number of nitrogens with zero attached hydrogens (tertiary/aromatic N) is 1. The Balaban J connectivity index is 2.67. The van der Waals surface area contributed by atoms with Gasteiger partial charge in [-0.25, -0.2) is 0 Å².